The molecular formula is C29H31N3O4. The van der Waals surface area contributed by atoms with E-state index in [9.17, 15) is 9.59 Å². The topological polar surface area (TPSA) is 92.5 Å². The molecule has 0 spiro atoms. The predicted molar refractivity (Wildman–Crippen MR) is 134 cm³/mol. The van der Waals surface area contributed by atoms with Gasteiger partial charge >= 0.3 is 12.1 Å². The van der Waals surface area contributed by atoms with Crippen LogP contribution in [0.4, 0.5) is 4.79 Å². The highest BCUT2D eigenvalue weighted by Crippen LogP contribution is 2.51. The van der Waals surface area contributed by atoms with E-state index in [4.69, 9.17) is 14.7 Å². The van der Waals surface area contributed by atoms with Gasteiger partial charge in [0.25, 0.3) is 0 Å². The van der Waals surface area contributed by atoms with Gasteiger partial charge in [-0.15, -0.1) is 0 Å². The maximum absolute atomic E-state index is 12.7. The van der Waals surface area contributed by atoms with Gasteiger partial charge in [-0.05, 0) is 74.8 Å². The third kappa shape index (κ3) is 4.48. The summed E-state index contributed by atoms with van der Waals surface area (Å²) in [7, 11) is 0. The lowest BCUT2D eigenvalue weighted by Gasteiger charge is -2.50. The third-order valence-electron chi connectivity index (χ3n) is 7.98. The fourth-order valence-electron chi connectivity index (χ4n) is 6.41. The minimum Gasteiger partial charge on any atom is -0.462 e. The Hall–Kier alpha value is -3.66. The molecule has 0 radical (unpaired) electrons. The maximum atomic E-state index is 12.7. The first kappa shape index (κ1) is 24.1. The summed E-state index contributed by atoms with van der Waals surface area (Å²) in [6.45, 7) is 4.80. The van der Waals surface area contributed by atoms with Gasteiger partial charge in [0.1, 0.15) is 6.10 Å². The molecule has 0 N–H and O–H groups in total. The normalized spacial score (nSPS) is 29.2. The zero-order valence-electron chi connectivity index (χ0n) is 20.7. The second kappa shape index (κ2) is 10.1. The zero-order chi connectivity index (χ0) is 25.2. The number of carbonyl (C=O) groups is 2. The second-order valence-electron chi connectivity index (χ2n) is 9.93. The molecular weight excluding hydrogens is 454 g/mol. The minimum atomic E-state index is -0.287. The number of rotatable bonds is 4. The Morgan fingerprint density at radius 3 is 2.92 bits per heavy atom. The number of esters is 1. The van der Waals surface area contributed by atoms with E-state index in [1.165, 1.54) is 0 Å². The molecule has 1 aromatic carbocycles. The highest BCUT2D eigenvalue weighted by atomic mass is 16.6. The summed E-state index contributed by atoms with van der Waals surface area (Å²) in [4.78, 5) is 31.9. The van der Waals surface area contributed by atoms with E-state index in [0.29, 0.717) is 25.1 Å². The summed E-state index contributed by atoms with van der Waals surface area (Å²) >= 11 is 0. The molecule has 7 nitrogen and oxygen atoms in total. The van der Waals surface area contributed by atoms with Crippen molar-refractivity contribution in [2.75, 3.05) is 13.2 Å². The molecule has 2 aromatic rings. The summed E-state index contributed by atoms with van der Waals surface area (Å²) in [5.41, 5.74) is 3.34. The molecule has 5 rings (SSSR count). The monoisotopic (exact) mass is 485 g/mol. The fourth-order valence-corrected chi connectivity index (χ4v) is 6.41. The van der Waals surface area contributed by atoms with Gasteiger partial charge in [-0.25, -0.2) is 4.79 Å². The van der Waals surface area contributed by atoms with Crippen LogP contribution < -0.4 is 0 Å². The van der Waals surface area contributed by atoms with Gasteiger partial charge in [-0.3, -0.25) is 9.78 Å². The molecule has 186 valence electrons. The van der Waals surface area contributed by atoms with Crippen molar-refractivity contribution in [3.05, 3.63) is 59.9 Å². The van der Waals surface area contributed by atoms with Gasteiger partial charge < -0.3 is 14.4 Å². The molecule has 7 heteroatoms. The lowest BCUT2D eigenvalue weighted by Crippen LogP contribution is -2.56. The van der Waals surface area contributed by atoms with E-state index in [1.807, 2.05) is 61.4 Å². The average Bonchev–Trinajstić information content (AvgIpc) is 3.19. The number of hydrogen-bond acceptors (Lipinski definition) is 6. The minimum absolute atomic E-state index is 0.0331. The van der Waals surface area contributed by atoms with Crippen LogP contribution in [-0.2, 0) is 14.3 Å². The number of cyclic esters (lactones) is 1. The Morgan fingerprint density at radius 2 is 2.17 bits per heavy atom. The van der Waals surface area contributed by atoms with Crippen molar-refractivity contribution < 1.29 is 19.1 Å². The Balaban J connectivity index is 1.41. The number of aromatic nitrogens is 1. The number of pyridine rings is 1. The van der Waals surface area contributed by atoms with Crippen molar-refractivity contribution in [3.8, 4) is 17.2 Å². The molecule has 3 aliphatic rings. The van der Waals surface area contributed by atoms with E-state index < -0.39 is 0 Å². The fraction of sp³-hybridized carbons (Fsp3) is 0.448. The van der Waals surface area contributed by atoms with Crippen LogP contribution in [0.1, 0.15) is 44.4 Å². The summed E-state index contributed by atoms with van der Waals surface area (Å²) in [6, 6.07) is 13.6. The van der Waals surface area contributed by atoms with Crippen molar-refractivity contribution in [2.45, 2.75) is 45.3 Å². The van der Waals surface area contributed by atoms with E-state index in [-0.39, 0.29) is 47.9 Å². The first-order valence-corrected chi connectivity index (χ1v) is 12.8. The van der Waals surface area contributed by atoms with Gasteiger partial charge in [-0.2, -0.15) is 5.26 Å². The van der Waals surface area contributed by atoms with Crippen LogP contribution in [0.25, 0.3) is 17.2 Å². The van der Waals surface area contributed by atoms with Crippen molar-refractivity contribution in [2.24, 2.45) is 23.7 Å². The molecule has 5 unspecified atom stereocenters. The maximum Gasteiger partial charge on any atom is 0.410 e. The highest BCUT2D eigenvalue weighted by Gasteiger charge is 2.56. The Kier molecular flexibility index (Phi) is 6.77. The van der Waals surface area contributed by atoms with Crippen molar-refractivity contribution in [3.63, 3.8) is 0 Å². The summed E-state index contributed by atoms with van der Waals surface area (Å²) in [5.74, 6) is 0.0615. The molecule has 3 heterocycles. The predicted octanol–water partition coefficient (Wildman–Crippen LogP) is 5.07. The molecule has 1 aliphatic carbocycles. The molecule has 1 aromatic heterocycles. The zero-order valence-corrected chi connectivity index (χ0v) is 20.7. The molecule has 2 saturated heterocycles. The number of amides is 1. The SMILES string of the molecule is CCOC(=O)N1CCCC2C(/C=C/c3ccc(-c4cccc(C#N)c4)cn3)C3C(CC21)C(=O)O[C@@H]3C. The number of allylic oxidation sites excluding steroid dienone is 1. The van der Waals surface area contributed by atoms with Gasteiger partial charge in [-0.1, -0.05) is 24.3 Å². The quantitative estimate of drug-likeness (QED) is 0.562. The lowest BCUT2D eigenvalue weighted by molar-refractivity contribution is -0.144. The van der Waals surface area contributed by atoms with E-state index in [0.717, 1.165) is 29.7 Å². The molecule has 36 heavy (non-hydrogen) atoms. The van der Waals surface area contributed by atoms with E-state index in [2.05, 4.69) is 17.1 Å². The van der Waals surface area contributed by atoms with Gasteiger partial charge in [0.05, 0.1) is 29.9 Å². The number of carbonyl (C=O) groups excluding carboxylic acids is 2. The third-order valence-corrected chi connectivity index (χ3v) is 7.98. The van der Waals surface area contributed by atoms with Gasteiger partial charge in [0.15, 0.2) is 0 Å². The van der Waals surface area contributed by atoms with Crippen LogP contribution in [0.15, 0.2) is 48.7 Å². The molecule has 1 amide bonds. The van der Waals surface area contributed by atoms with Gasteiger partial charge in [0.2, 0.25) is 0 Å². The number of ether oxygens (including phenoxy) is 2. The van der Waals surface area contributed by atoms with Crippen LogP contribution in [0.2, 0.25) is 0 Å². The number of fused-ring (bicyclic) bond motifs is 2. The number of nitriles is 1. The molecule has 0 bridgehead atoms. The first-order chi connectivity index (χ1) is 17.5. The van der Waals surface area contributed by atoms with Crippen LogP contribution >= 0.6 is 0 Å². The van der Waals surface area contributed by atoms with Crippen LogP contribution in [0.3, 0.4) is 0 Å². The van der Waals surface area contributed by atoms with E-state index >= 15 is 0 Å². The Labute approximate surface area is 211 Å². The van der Waals surface area contributed by atoms with E-state index in [1.54, 1.807) is 6.07 Å². The molecule has 3 fully saturated rings. The summed E-state index contributed by atoms with van der Waals surface area (Å²) in [6.07, 6.45) is 8.14. The lowest BCUT2D eigenvalue weighted by atomic mass is 9.61. The number of hydrogen-bond donors (Lipinski definition) is 0. The molecule has 2 aliphatic heterocycles. The van der Waals surface area contributed by atoms with Crippen molar-refractivity contribution in [1.82, 2.24) is 9.88 Å². The molecule has 6 atom stereocenters. The largest absolute Gasteiger partial charge is 0.462 e. The van der Waals surface area contributed by atoms with Crippen LogP contribution in [0.5, 0.6) is 0 Å². The average molecular weight is 486 g/mol. The summed E-state index contributed by atoms with van der Waals surface area (Å²) < 4.78 is 11.0. The first-order valence-electron chi connectivity index (χ1n) is 12.8. The van der Waals surface area contributed by atoms with Crippen molar-refractivity contribution >= 4 is 18.1 Å². The van der Waals surface area contributed by atoms with Crippen LogP contribution in [0, 0.1) is 35.0 Å². The standard InChI is InChI=1S/C29H31N3O4/c1-3-35-29(34)32-13-5-8-23-24(27-18(2)36-28(33)25(27)15-26(23)32)12-11-22-10-9-21(17-31-22)20-7-4-6-19(14-20)16-30/h4,6-7,9-12,14,17-18,23-27H,3,5,8,13,15H2,1-2H3/b12-11+/t18-,23?,24?,25?,26?,27?/m1/s1. The number of piperidine rings is 1. The number of nitrogens with zero attached hydrogens (tertiary/aromatic N) is 3. The number of benzene rings is 1. The smallest absolute Gasteiger partial charge is 0.410 e. The van der Waals surface area contributed by atoms with Crippen molar-refractivity contribution in [1.29, 1.82) is 5.26 Å². The highest BCUT2D eigenvalue weighted by molar-refractivity contribution is 5.76. The Bertz CT molecular complexity index is 1200. The van der Waals surface area contributed by atoms with Crippen LogP contribution in [-0.4, -0.2) is 47.2 Å². The second-order valence-corrected chi connectivity index (χ2v) is 9.93. The number of likely N-dealkylation sites (tertiary alicyclic amines) is 1. The Morgan fingerprint density at radius 1 is 1.31 bits per heavy atom. The molecule has 1 saturated carbocycles. The summed E-state index contributed by atoms with van der Waals surface area (Å²) in [5, 5.41) is 9.17. The van der Waals surface area contributed by atoms with Gasteiger partial charge in [0, 0.05) is 30.3 Å².